The van der Waals surface area contributed by atoms with Gasteiger partial charge >= 0.3 is 0 Å². The number of thioether (sulfide) groups is 1. The van der Waals surface area contributed by atoms with E-state index in [0.29, 0.717) is 5.90 Å². The molecule has 2 unspecified atom stereocenters. The molecule has 1 aromatic heterocycles. The molecule has 7 heteroatoms. The number of thiazole rings is 1. The van der Waals surface area contributed by atoms with Crippen LogP contribution in [-0.2, 0) is 9.53 Å². The standard InChI is InChI=1S/C20H19N3O2S2/c1-12-8-10-15(11-9-12)19-23(14(3)24)22-18(25-19)13(2)26-20-21-16-6-4-5-7-17(16)27-20/h4-11,13,19H,1-3H3. The Bertz CT molecular complexity index is 980. The van der Waals surface area contributed by atoms with E-state index < -0.39 is 6.23 Å². The monoisotopic (exact) mass is 397 g/mol. The van der Waals surface area contributed by atoms with Gasteiger partial charge in [0, 0.05) is 12.5 Å². The number of fused-ring (bicyclic) bond motifs is 1. The SMILES string of the molecule is CC(=O)N1N=C(C(C)Sc2nc3ccccc3s2)OC1c1ccc(C)cc1. The highest BCUT2D eigenvalue weighted by Crippen LogP contribution is 2.36. The van der Waals surface area contributed by atoms with Crippen LogP contribution in [0.1, 0.15) is 31.2 Å². The first-order valence-electron chi connectivity index (χ1n) is 8.65. The molecule has 0 fully saturated rings. The Hall–Kier alpha value is -2.38. The predicted octanol–water partition coefficient (Wildman–Crippen LogP) is 4.98. The molecule has 0 aliphatic carbocycles. The van der Waals surface area contributed by atoms with Crippen molar-refractivity contribution in [3.8, 4) is 0 Å². The molecule has 27 heavy (non-hydrogen) atoms. The molecule has 0 bridgehead atoms. The van der Waals surface area contributed by atoms with Gasteiger partial charge in [-0.25, -0.2) is 4.98 Å². The maximum atomic E-state index is 12.1. The van der Waals surface area contributed by atoms with Crippen LogP contribution < -0.4 is 0 Å². The number of hydrogen-bond acceptors (Lipinski definition) is 6. The maximum Gasteiger partial charge on any atom is 0.243 e. The molecule has 2 heterocycles. The minimum atomic E-state index is -0.517. The second-order valence-corrected chi connectivity index (χ2v) is 9.01. The normalized spacial score (nSPS) is 17.7. The van der Waals surface area contributed by atoms with E-state index in [2.05, 4.69) is 16.2 Å². The van der Waals surface area contributed by atoms with Crippen molar-refractivity contribution in [3.05, 3.63) is 59.7 Å². The van der Waals surface area contributed by atoms with Crippen LogP contribution in [0.4, 0.5) is 0 Å². The first kappa shape index (κ1) is 18.0. The van der Waals surface area contributed by atoms with Crippen molar-refractivity contribution in [1.29, 1.82) is 0 Å². The smallest absolute Gasteiger partial charge is 0.243 e. The summed E-state index contributed by atoms with van der Waals surface area (Å²) in [4.78, 5) is 16.7. The molecule has 1 aliphatic heterocycles. The summed E-state index contributed by atoms with van der Waals surface area (Å²) in [5, 5.41) is 5.81. The molecule has 2 atom stereocenters. The van der Waals surface area contributed by atoms with Crippen molar-refractivity contribution < 1.29 is 9.53 Å². The quantitative estimate of drug-likeness (QED) is 0.583. The summed E-state index contributed by atoms with van der Waals surface area (Å²) in [5.41, 5.74) is 3.06. The number of amides is 1. The summed E-state index contributed by atoms with van der Waals surface area (Å²) in [7, 11) is 0. The highest BCUT2D eigenvalue weighted by Gasteiger charge is 2.35. The summed E-state index contributed by atoms with van der Waals surface area (Å²) in [6.07, 6.45) is -0.517. The summed E-state index contributed by atoms with van der Waals surface area (Å²) in [6.45, 7) is 5.55. The van der Waals surface area contributed by atoms with Crippen molar-refractivity contribution in [3.63, 3.8) is 0 Å². The van der Waals surface area contributed by atoms with Crippen molar-refractivity contribution >= 4 is 45.1 Å². The van der Waals surface area contributed by atoms with Gasteiger partial charge in [0.15, 0.2) is 4.34 Å². The first-order chi connectivity index (χ1) is 13.0. The number of carbonyl (C=O) groups excluding carboxylic acids is 1. The number of aromatic nitrogens is 1. The molecule has 0 N–H and O–H groups in total. The zero-order chi connectivity index (χ0) is 19.0. The largest absolute Gasteiger partial charge is 0.448 e. The highest BCUT2D eigenvalue weighted by atomic mass is 32.2. The number of carbonyl (C=O) groups is 1. The zero-order valence-electron chi connectivity index (χ0n) is 15.2. The second kappa shape index (κ2) is 7.32. The van der Waals surface area contributed by atoms with Gasteiger partial charge in [-0.05, 0) is 26.0 Å². The van der Waals surface area contributed by atoms with Crippen LogP contribution in [0.3, 0.4) is 0 Å². The lowest BCUT2D eigenvalue weighted by molar-refractivity contribution is -0.135. The van der Waals surface area contributed by atoms with E-state index in [-0.39, 0.29) is 11.2 Å². The molecule has 0 saturated carbocycles. The second-order valence-electron chi connectivity index (χ2n) is 6.39. The van der Waals surface area contributed by atoms with E-state index in [0.717, 1.165) is 25.7 Å². The van der Waals surface area contributed by atoms with Gasteiger partial charge in [0.1, 0.15) is 0 Å². The van der Waals surface area contributed by atoms with Gasteiger partial charge in [0.05, 0.1) is 15.5 Å². The molecule has 5 nitrogen and oxygen atoms in total. The van der Waals surface area contributed by atoms with E-state index in [1.54, 1.807) is 23.1 Å². The van der Waals surface area contributed by atoms with Crippen LogP contribution >= 0.6 is 23.1 Å². The average molecular weight is 398 g/mol. The summed E-state index contributed by atoms with van der Waals surface area (Å²) < 4.78 is 8.20. The van der Waals surface area contributed by atoms with Crippen LogP contribution in [0, 0.1) is 6.92 Å². The van der Waals surface area contributed by atoms with Gasteiger partial charge in [-0.1, -0.05) is 53.7 Å². The molecular formula is C20H19N3O2S2. The Balaban J connectivity index is 1.54. The summed E-state index contributed by atoms with van der Waals surface area (Å²) in [5.74, 6) is 0.396. The van der Waals surface area contributed by atoms with Crippen molar-refractivity contribution in [1.82, 2.24) is 9.99 Å². The van der Waals surface area contributed by atoms with E-state index in [4.69, 9.17) is 4.74 Å². The van der Waals surface area contributed by atoms with E-state index in [1.807, 2.05) is 56.3 Å². The van der Waals surface area contributed by atoms with E-state index >= 15 is 0 Å². The van der Waals surface area contributed by atoms with Gasteiger partial charge in [-0.2, -0.15) is 5.01 Å². The van der Waals surface area contributed by atoms with Crippen molar-refractivity contribution in [2.45, 2.75) is 36.6 Å². The van der Waals surface area contributed by atoms with Gasteiger partial charge in [0.2, 0.25) is 18.0 Å². The molecule has 0 saturated heterocycles. The number of ether oxygens (including phenoxy) is 1. The lowest BCUT2D eigenvalue weighted by atomic mass is 10.1. The van der Waals surface area contributed by atoms with Crippen LogP contribution in [0.25, 0.3) is 10.2 Å². The molecule has 138 valence electrons. The van der Waals surface area contributed by atoms with Crippen LogP contribution in [0.5, 0.6) is 0 Å². The molecule has 1 amide bonds. The lowest BCUT2D eigenvalue weighted by Crippen LogP contribution is -2.25. The number of aryl methyl sites for hydroxylation is 1. The van der Waals surface area contributed by atoms with Crippen LogP contribution in [0.15, 0.2) is 58.0 Å². The molecule has 0 spiro atoms. The molecule has 1 aliphatic rings. The molecular weight excluding hydrogens is 378 g/mol. The average Bonchev–Trinajstić information content (AvgIpc) is 3.26. The number of rotatable bonds is 4. The predicted molar refractivity (Wildman–Crippen MR) is 110 cm³/mol. The van der Waals surface area contributed by atoms with E-state index in [1.165, 1.54) is 11.9 Å². The minimum absolute atomic E-state index is 0.0529. The molecule has 4 rings (SSSR count). The van der Waals surface area contributed by atoms with Crippen molar-refractivity contribution in [2.24, 2.45) is 5.10 Å². The van der Waals surface area contributed by atoms with Gasteiger partial charge in [-0.3, -0.25) is 4.79 Å². The Kier molecular flexibility index (Phi) is 4.88. The summed E-state index contributed by atoms with van der Waals surface area (Å²) >= 11 is 3.24. The fraction of sp³-hybridized carbons (Fsp3) is 0.250. The fourth-order valence-electron chi connectivity index (χ4n) is 2.80. The van der Waals surface area contributed by atoms with Crippen molar-refractivity contribution in [2.75, 3.05) is 0 Å². The fourth-order valence-corrected chi connectivity index (χ4v) is 5.05. The number of benzene rings is 2. The number of hydrogen-bond donors (Lipinski definition) is 0. The third-order valence-electron chi connectivity index (χ3n) is 4.25. The van der Waals surface area contributed by atoms with Crippen LogP contribution in [-0.4, -0.2) is 27.0 Å². The number of hydrazone groups is 1. The minimum Gasteiger partial charge on any atom is -0.448 e. The summed E-state index contributed by atoms with van der Waals surface area (Å²) in [6, 6.07) is 16.0. The molecule has 3 aromatic rings. The van der Waals surface area contributed by atoms with Crippen LogP contribution in [0.2, 0.25) is 0 Å². The zero-order valence-corrected chi connectivity index (χ0v) is 16.9. The molecule has 0 radical (unpaired) electrons. The number of nitrogens with zero attached hydrogens (tertiary/aromatic N) is 3. The first-order valence-corrected chi connectivity index (χ1v) is 10.3. The highest BCUT2D eigenvalue weighted by molar-refractivity contribution is 8.02. The Morgan fingerprint density at radius 2 is 1.96 bits per heavy atom. The van der Waals surface area contributed by atoms with Gasteiger partial charge in [0.25, 0.3) is 0 Å². The van der Waals surface area contributed by atoms with Gasteiger partial charge < -0.3 is 4.74 Å². The topological polar surface area (TPSA) is 54.8 Å². The lowest BCUT2D eigenvalue weighted by Gasteiger charge is -2.19. The third-order valence-corrected chi connectivity index (χ3v) is 6.46. The Labute approximate surface area is 166 Å². The third kappa shape index (κ3) is 3.70. The van der Waals surface area contributed by atoms with Gasteiger partial charge in [-0.15, -0.1) is 16.4 Å². The Morgan fingerprint density at radius 3 is 2.67 bits per heavy atom. The number of para-hydroxylation sites is 1. The Morgan fingerprint density at radius 1 is 1.22 bits per heavy atom. The molecule has 2 aromatic carbocycles. The maximum absolute atomic E-state index is 12.1. The van der Waals surface area contributed by atoms with E-state index in [9.17, 15) is 4.79 Å².